The number of amides is 8. The van der Waals surface area contributed by atoms with Crippen LogP contribution in [0.5, 0.6) is 0 Å². The number of carbonyl (C=O) groups excluding carboxylic acids is 8. The first-order chi connectivity index (χ1) is 34.4. The van der Waals surface area contributed by atoms with Gasteiger partial charge in [-0.3, -0.25) is 43.3 Å². The van der Waals surface area contributed by atoms with Crippen LogP contribution in [-0.4, -0.2) is 130 Å². The van der Waals surface area contributed by atoms with Gasteiger partial charge >= 0.3 is 0 Å². The Kier molecular flexibility index (Phi) is 22.6. The number of primary amides is 1. The molecular weight excluding hydrogens is 929 g/mol. The van der Waals surface area contributed by atoms with Crippen molar-refractivity contribution in [3.05, 3.63) is 90.1 Å². The van der Waals surface area contributed by atoms with E-state index in [2.05, 4.69) is 57.2 Å². The number of H-pyrrole nitrogens is 2. The van der Waals surface area contributed by atoms with Crippen LogP contribution in [0.25, 0.3) is 10.9 Å². The van der Waals surface area contributed by atoms with Crippen molar-refractivity contribution in [1.82, 2.24) is 52.2 Å². The molecule has 0 aliphatic carbocycles. The maximum atomic E-state index is 14.4. The number of nitrogens with zero attached hydrogens (tertiary/aromatic N) is 2. The van der Waals surface area contributed by atoms with Crippen LogP contribution >= 0.6 is 0 Å². The average molecular weight is 999 g/mol. The molecule has 0 unspecified atom stereocenters. The highest BCUT2D eigenvalue weighted by Crippen LogP contribution is 2.20. The van der Waals surface area contributed by atoms with E-state index in [0.717, 1.165) is 10.9 Å². The SMILES string of the molecule is CC(C)[C@H](NC(=O)[C@@H](C)NC(=O)[C@H](CCCCN)NC(=O)CNC(=O)[C@H](Cc1c[nH]c2ccccc12)NC(=O)[C@H](CCCN=C(N)N)NC(=O)[C@H](Cc1ccccc1)NC(=O)[C@@H](N)Cc1cnc[nH]1)C(N)=O. The number of para-hydroxylation sites is 1. The Morgan fingerprint density at radius 3 is 1.94 bits per heavy atom. The molecule has 19 N–H and O–H groups in total. The summed E-state index contributed by atoms with van der Waals surface area (Å²) < 4.78 is 0. The van der Waals surface area contributed by atoms with Crippen LogP contribution in [-0.2, 0) is 57.6 Å². The van der Waals surface area contributed by atoms with Gasteiger partial charge in [-0.25, -0.2) is 4.98 Å². The van der Waals surface area contributed by atoms with Gasteiger partial charge in [-0.15, -0.1) is 0 Å². The molecule has 0 aliphatic heterocycles. The summed E-state index contributed by atoms with van der Waals surface area (Å²) in [4.78, 5) is 122. The first-order valence-corrected chi connectivity index (χ1v) is 23.8. The lowest BCUT2D eigenvalue weighted by Gasteiger charge is -2.26. The fraction of sp³-hybridized carbons (Fsp3) is 0.458. The van der Waals surface area contributed by atoms with Crippen molar-refractivity contribution in [2.24, 2.45) is 39.6 Å². The molecule has 4 aromatic rings. The van der Waals surface area contributed by atoms with Gasteiger partial charge in [0.25, 0.3) is 0 Å². The molecule has 2 aromatic heterocycles. The first-order valence-electron chi connectivity index (χ1n) is 23.8. The molecule has 24 heteroatoms. The van der Waals surface area contributed by atoms with E-state index in [1.807, 2.05) is 24.3 Å². The second-order valence-electron chi connectivity index (χ2n) is 17.8. The summed E-state index contributed by atoms with van der Waals surface area (Å²) in [6, 6.07) is 8.07. The predicted octanol–water partition coefficient (Wildman–Crippen LogP) is -2.39. The van der Waals surface area contributed by atoms with Crippen LogP contribution in [0.3, 0.4) is 0 Å². The lowest BCUT2D eigenvalue weighted by Crippen LogP contribution is -2.59. The number of unbranched alkanes of at least 4 members (excludes halogenated alkanes) is 1. The third-order valence-electron chi connectivity index (χ3n) is 11.6. The number of imidazole rings is 1. The number of nitrogens with one attached hydrogen (secondary N) is 9. The van der Waals surface area contributed by atoms with Gasteiger partial charge < -0.3 is 75.9 Å². The molecule has 8 amide bonds. The van der Waals surface area contributed by atoms with Crippen LogP contribution in [0.4, 0.5) is 0 Å². The Balaban J connectivity index is 1.55. The largest absolute Gasteiger partial charge is 0.370 e. The third kappa shape index (κ3) is 18.5. The Morgan fingerprint density at radius 1 is 0.653 bits per heavy atom. The monoisotopic (exact) mass is 999 g/mol. The topological polar surface area (TPSA) is 408 Å². The fourth-order valence-corrected chi connectivity index (χ4v) is 7.63. The maximum absolute atomic E-state index is 14.4. The summed E-state index contributed by atoms with van der Waals surface area (Å²) in [7, 11) is 0. The molecule has 72 heavy (non-hydrogen) atoms. The number of aliphatic imine (C=N–C) groups is 1. The first kappa shape index (κ1) is 56.7. The molecule has 7 atom stereocenters. The summed E-state index contributed by atoms with van der Waals surface area (Å²) in [6.45, 7) is 4.59. The van der Waals surface area contributed by atoms with Crippen LogP contribution in [0.2, 0.25) is 0 Å². The number of aromatic nitrogens is 3. The number of hydrogen-bond donors (Lipinski definition) is 14. The van der Waals surface area contributed by atoms with Crippen molar-refractivity contribution >= 4 is 64.1 Å². The van der Waals surface area contributed by atoms with Crippen molar-refractivity contribution in [2.75, 3.05) is 19.6 Å². The number of guanidine groups is 1. The fourth-order valence-electron chi connectivity index (χ4n) is 7.63. The van der Waals surface area contributed by atoms with Gasteiger partial charge in [-0.05, 0) is 68.7 Å². The van der Waals surface area contributed by atoms with E-state index in [-0.39, 0.29) is 56.9 Å². The van der Waals surface area contributed by atoms with Crippen molar-refractivity contribution < 1.29 is 38.4 Å². The Hall–Kier alpha value is -7.86. The van der Waals surface area contributed by atoms with Gasteiger partial charge in [0.15, 0.2) is 5.96 Å². The van der Waals surface area contributed by atoms with Crippen LogP contribution in [0, 0.1) is 5.92 Å². The highest BCUT2D eigenvalue weighted by molar-refractivity contribution is 5.97. The van der Waals surface area contributed by atoms with Gasteiger partial charge in [0.05, 0.1) is 18.9 Å². The van der Waals surface area contributed by atoms with E-state index >= 15 is 0 Å². The summed E-state index contributed by atoms with van der Waals surface area (Å²) in [6.07, 6.45) is 6.01. The highest BCUT2D eigenvalue weighted by Gasteiger charge is 2.32. The molecule has 2 aromatic carbocycles. The molecular formula is C48H70N16O8. The molecule has 0 spiro atoms. The summed E-state index contributed by atoms with van der Waals surface area (Å²) in [5.74, 6) is -6.28. The van der Waals surface area contributed by atoms with Crippen molar-refractivity contribution in [3.8, 4) is 0 Å². The van der Waals surface area contributed by atoms with E-state index in [0.29, 0.717) is 36.2 Å². The number of aromatic amines is 2. The Labute approximate surface area is 417 Å². The third-order valence-corrected chi connectivity index (χ3v) is 11.6. The Bertz CT molecular complexity index is 2460. The second-order valence-corrected chi connectivity index (χ2v) is 17.8. The van der Waals surface area contributed by atoms with E-state index in [1.54, 1.807) is 50.4 Å². The van der Waals surface area contributed by atoms with Gasteiger partial charge in [-0.2, -0.15) is 0 Å². The summed E-state index contributed by atoms with van der Waals surface area (Å²) in [5.41, 5.74) is 31.2. The second kappa shape index (κ2) is 28.7. The van der Waals surface area contributed by atoms with Crippen molar-refractivity contribution in [1.29, 1.82) is 0 Å². The van der Waals surface area contributed by atoms with Crippen molar-refractivity contribution in [2.45, 2.75) is 114 Å². The number of nitrogens with two attached hydrogens (primary N) is 5. The molecule has 0 radical (unpaired) electrons. The van der Waals surface area contributed by atoms with Gasteiger partial charge in [-0.1, -0.05) is 62.4 Å². The number of carbonyl (C=O) groups is 8. The zero-order chi connectivity index (χ0) is 52.7. The van der Waals surface area contributed by atoms with Gasteiger partial charge in [0, 0.05) is 54.8 Å². The summed E-state index contributed by atoms with van der Waals surface area (Å²) in [5, 5.41) is 19.3. The lowest BCUT2D eigenvalue weighted by atomic mass is 10.0. The van der Waals surface area contributed by atoms with Gasteiger partial charge in [0.1, 0.15) is 36.3 Å². The van der Waals surface area contributed by atoms with E-state index < -0.39 is 96.1 Å². The summed E-state index contributed by atoms with van der Waals surface area (Å²) >= 11 is 0. The quantitative estimate of drug-likeness (QED) is 0.0148. The normalized spacial score (nSPS) is 14.0. The number of rotatable bonds is 30. The van der Waals surface area contributed by atoms with Gasteiger partial charge in [0.2, 0.25) is 47.3 Å². The van der Waals surface area contributed by atoms with Crippen molar-refractivity contribution in [3.63, 3.8) is 0 Å². The standard InChI is InChI=1S/C48H70N16O8/c1-27(2)40(41(51)66)64-42(67)28(3)59-45(70)35(16-9-10-18-49)60-39(65)25-57-44(69)38(21-30-23-56-34-15-8-7-14-32(30)34)63-46(71)36(17-11-19-55-48(52)53)61-47(72)37(20-29-12-5-4-6-13-29)62-43(68)33(50)22-31-24-54-26-58-31/h4-8,12-15,23-24,26-28,33,35-38,40,56H,9-11,16-22,25,49-50H2,1-3H3,(H2,51,66)(H,54,58)(H,57,69)(H,59,70)(H,60,65)(H,61,72)(H,62,68)(H,63,71)(H,64,67)(H4,52,53,55)/t28-,33+,35+,36+,37+,38+,40+/m1/s1. The lowest BCUT2D eigenvalue weighted by molar-refractivity contribution is -0.134. The molecule has 0 fully saturated rings. The molecule has 0 aliphatic rings. The predicted molar refractivity (Wildman–Crippen MR) is 270 cm³/mol. The van der Waals surface area contributed by atoms with E-state index in [9.17, 15) is 38.4 Å². The molecule has 0 saturated heterocycles. The molecule has 4 rings (SSSR count). The molecule has 390 valence electrons. The number of fused-ring (bicyclic) bond motifs is 1. The van der Waals surface area contributed by atoms with E-state index in [4.69, 9.17) is 28.7 Å². The molecule has 2 heterocycles. The molecule has 0 saturated carbocycles. The average Bonchev–Trinajstić information content (AvgIpc) is 4.02. The minimum Gasteiger partial charge on any atom is -0.370 e. The molecule has 24 nitrogen and oxygen atoms in total. The molecule has 0 bridgehead atoms. The zero-order valence-corrected chi connectivity index (χ0v) is 40.9. The minimum atomic E-state index is -1.33. The van der Waals surface area contributed by atoms with Crippen LogP contribution < -0.4 is 65.9 Å². The zero-order valence-electron chi connectivity index (χ0n) is 40.9. The van der Waals surface area contributed by atoms with E-state index in [1.165, 1.54) is 19.4 Å². The minimum absolute atomic E-state index is 0.0130. The highest BCUT2D eigenvalue weighted by atomic mass is 16.2. The number of hydrogen-bond acceptors (Lipinski definition) is 12. The van der Waals surface area contributed by atoms with Crippen LogP contribution in [0.15, 0.2) is 78.3 Å². The van der Waals surface area contributed by atoms with Crippen LogP contribution in [0.1, 0.15) is 69.7 Å². The maximum Gasteiger partial charge on any atom is 0.243 e. The number of benzene rings is 2. The Morgan fingerprint density at radius 2 is 1.28 bits per heavy atom. The smallest absolute Gasteiger partial charge is 0.243 e.